The zero-order valence-corrected chi connectivity index (χ0v) is 12.8. The summed E-state index contributed by atoms with van der Waals surface area (Å²) in [4.78, 5) is 13.9. The van der Waals surface area contributed by atoms with Crippen LogP contribution in [0, 0.1) is 12.3 Å². The van der Waals surface area contributed by atoms with Crippen molar-refractivity contribution < 1.29 is 9.90 Å². The third kappa shape index (κ3) is 2.70. The van der Waals surface area contributed by atoms with Crippen LogP contribution in [0.25, 0.3) is 10.7 Å². The molecule has 1 N–H and O–H groups in total. The van der Waals surface area contributed by atoms with Crippen LogP contribution in [0.5, 0.6) is 0 Å². The average Bonchev–Trinajstić information content (AvgIpc) is 3.08. The number of carboxylic acid groups (broad SMARTS) is 1. The predicted octanol–water partition coefficient (Wildman–Crippen LogP) is 2.75. The number of tetrazole rings is 1. The Morgan fingerprint density at radius 1 is 1.38 bits per heavy atom. The second kappa shape index (κ2) is 5.55. The maximum atomic E-state index is 11.8. The van der Waals surface area contributed by atoms with E-state index >= 15 is 0 Å². The second-order valence-electron chi connectivity index (χ2n) is 5.72. The van der Waals surface area contributed by atoms with Gasteiger partial charge in [0, 0.05) is 4.88 Å². The standard InChI is InChI=1S/C14H18N4O2S/c1-10-5-6-11(21-10)12-15-16-17-18(12)9-14(13(19)20)7-3-2-4-8-14/h5-6H,2-4,7-9H2,1H3,(H,19,20). The minimum absolute atomic E-state index is 0.349. The number of aryl methyl sites for hydroxylation is 1. The van der Waals surface area contributed by atoms with Gasteiger partial charge in [-0.25, -0.2) is 4.68 Å². The van der Waals surface area contributed by atoms with E-state index in [2.05, 4.69) is 15.5 Å². The van der Waals surface area contributed by atoms with E-state index in [-0.39, 0.29) is 0 Å². The molecule has 0 aromatic carbocycles. The molecular weight excluding hydrogens is 288 g/mol. The van der Waals surface area contributed by atoms with Gasteiger partial charge in [-0.2, -0.15) is 0 Å². The summed E-state index contributed by atoms with van der Waals surface area (Å²) >= 11 is 1.62. The molecule has 6 nitrogen and oxygen atoms in total. The first-order valence-corrected chi connectivity index (χ1v) is 7.99. The van der Waals surface area contributed by atoms with Gasteiger partial charge in [0.15, 0.2) is 5.82 Å². The first kappa shape index (κ1) is 14.2. The molecule has 0 radical (unpaired) electrons. The van der Waals surface area contributed by atoms with Crippen LogP contribution in [0.2, 0.25) is 0 Å². The van der Waals surface area contributed by atoms with Crippen molar-refractivity contribution in [2.24, 2.45) is 5.41 Å². The molecule has 7 heteroatoms. The Bertz CT molecular complexity index is 643. The van der Waals surface area contributed by atoms with Crippen LogP contribution in [-0.4, -0.2) is 31.3 Å². The van der Waals surface area contributed by atoms with Gasteiger partial charge in [0.1, 0.15) is 0 Å². The molecule has 0 spiro atoms. The van der Waals surface area contributed by atoms with Gasteiger partial charge in [-0.05, 0) is 42.3 Å². The number of carbonyl (C=O) groups is 1. The minimum Gasteiger partial charge on any atom is -0.481 e. The smallest absolute Gasteiger partial charge is 0.311 e. The first-order chi connectivity index (χ1) is 10.1. The molecule has 3 rings (SSSR count). The van der Waals surface area contributed by atoms with E-state index < -0.39 is 11.4 Å². The van der Waals surface area contributed by atoms with Gasteiger partial charge in [-0.3, -0.25) is 4.79 Å². The Labute approximate surface area is 126 Å². The van der Waals surface area contributed by atoms with E-state index in [0.717, 1.165) is 24.1 Å². The number of carboxylic acids is 1. The fourth-order valence-corrected chi connectivity index (χ4v) is 3.85. The lowest BCUT2D eigenvalue weighted by Gasteiger charge is -2.32. The topological polar surface area (TPSA) is 80.9 Å². The molecule has 112 valence electrons. The van der Waals surface area contributed by atoms with Gasteiger partial charge in [-0.1, -0.05) is 19.3 Å². The molecule has 2 heterocycles. The molecule has 0 bridgehead atoms. The molecule has 2 aromatic heterocycles. The molecule has 1 saturated carbocycles. The van der Waals surface area contributed by atoms with E-state index in [1.165, 1.54) is 4.88 Å². The van der Waals surface area contributed by atoms with Gasteiger partial charge in [0.05, 0.1) is 16.8 Å². The highest BCUT2D eigenvalue weighted by molar-refractivity contribution is 7.15. The summed E-state index contributed by atoms with van der Waals surface area (Å²) < 4.78 is 1.66. The van der Waals surface area contributed by atoms with Crippen LogP contribution in [-0.2, 0) is 11.3 Å². The minimum atomic E-state index is -0.731. The Balaban J connectivity index is 1.91. The molecular formula is C14H18N4O2S. The molecule has 0 aliphatic heterocycles. The summed E-state index contributed by atoms with van der Waals surface area (Å²) in [5.74, 6) is -0.0645. The second-order valence-corrected chi connectivity index (χ2v) is 7.00. The summed E-state index contributed by atoms with van der Waals surface area (Å²) in [6, 6.07) is 4.00. The van der Waals surface area contributed by atoms with Crippen molar-refractivity contribution in [3.8, 4) is 10.7 Å². The van der Waals surface area contributed by atoms with Crippen LogP contribution >= 0.6 is 11.3 Å². The molecule has 1 aliphatic rings. The normalized spacial score (nSPS) is 17.8. The van der Waals surface area contributed by atoms with Crippen molar-refractivity contribution in [1.29, 1.82) is 0 Å². The monoisotopic (exact) mass is 306 g/mol. The number of hydrogen-bond donors (Lipinski definition) is 1. The van der Waals surface area contributed by atoms with Crippen molar-refractivity contribution in [3.05, 3.63) is 17.0 Å². The maximum absolute atomic E-state index is 11.8. The quantitative estimate of drug-likeness (QED) is 0.939. The number of nitrogens with zero attached hydrogens (tertiary/aromatic N) is 4. The van der Waals surface area contributed by atoms with Crippen molar-refractivity contribution in [3.63, 3.8) is 0 Å². The van der Waals surface area contributed by atoms with Crippen LogP contribution in [0.4, 0.5) is 0 Å². The van der Waals surface area contributed by atoms with Gasteiger partial charge in [-0.15, -0.1) is 16.4 Å². The van der Waals surface area contributed by atoms with E-state index in [4.69, 9.17) is 0 Å². The van der Waals surface area contributed by atoms with E-state index in [1.54, 1.807) is 16.0 Å². The van der Waals surface area contributed by atoms with E-state index in [1.807, 2.05) is 19.1 Å². The summed E-state index contributed by atoms with van der Waals surface area (Å²) in [7, 11) is 0. The molecule has 1 fully saturated rings. The van der Waals surface area contributed by atoms with Gasteiger partial charge in [0.25, 0.3) is 0 Å². The predicted molar refractivity (Wildman–Crippen MR) is 79.0 cm³/mol. The van der Waals surface area contributed by atoms with Gasteiger partial charge in [0.2, 0.25) is 0 Å². The maximum Gasteiger partial charge on any atom is 0.311 e. The highest BCUT2D eigenvalue weighted by Crippen LogP contribution is 2.39. The Morgan fingerprint density at radius 2 is 2.14 bits per heavy atom. The SMILES string of the molecule is Cc1ccc(-c2nnnn2CC2(C(=O)O)CCCCC2)s1. The Hall–Kier alpha value is -1.76. The van der Waals surface area contributed by atoms with Gasteiger partial charge >= 0.3 is 5.97 Å². The Kier molecular flexibility index (Phi) is 3.75. The lowest BCUT2D eigenvalue weighted by atomic mass is 9.74. The van der Waals surface area contributed by atoms with Gasteiger partial charge < -0.3 is 5.11 Å². The van der Waals surface area contributed by atoms with Crippen LogP contribution < -0.4 is 0 Å². The molecule has 0 saturated heterocycles. The third-order valence-corrected chi connectivity index (χ3v) is 5.21. The van der Waals surface area contributed by atoms with Crippen LogP contribution in [0.1, 0.15) is 37.0 Å². The highest BCUT2D eigenvalue weighted by Gasteiger charge is 2.41. The van der Waals surface area contributed by atoms with Crippen molar-refractivity contribution in [2.45, 2.75) is 45.6 Å². The van der Waals surface area contributed by atoms with E-state index in [0.29, 0.717) is 25.2 Å². The zero-order chi connectivity index (χ0) is 14.9. The molecule has 0 amide bonds. The fraction of sp³-hybridized carbons (Fsp3) is 0.571. The fourth-order valence-electron chi connectivity index (χ4n) is 3.00. The lowest BCUT2D eigenvalue weighted by Crippen LogP contribution is -2.38. The zero-order valence-electron chi connectivity index (χ0n) is 11.9. The number of aliphatic carboxylic acids is 1. The third-order valence-electron chi connectivity index (χ3n) is 4.21. The van der Waals surface area contributed by atoms with Crippen LogP contribution in [0.3, 0.4) is 0 Å². The number of thiophene rings is 1. The summed E-state index contributed by atoms with van der Waals surface area (Å²) in [5, 5.41) is 21.5. The number of rotatable bonds is 4. The van der Waals surface area contributed by atoms with E-state index in [9.17, 15) is 9.90 Å². The number of aromatic nitrogens is 4. The molecule has 2 aromatic rings. The Morgan fingerprint density at radius 3 is 2.76 bits per heavy atom. The van der Waals surface area contributed by atoms with Crippen molar-refractivity contribution in [2.75, 3.05) is 0 Å². The summed E-state index contributed by atoms with van der Waals surface area (Å²) in [6.45, 7) is 2.38. The largest absolute Gasteiger partial charge is 0.481 e. The molecule has 0 unspecified atom stereocenters. The lowest BCUT2D eigenvalue weighted by molar-refractivity contribution is -0.152. The highest BCUT2D eigenvalue weighted by atomic mass is 32.1. The average molecular weight is 306 g/mol. The molecule has 1 aliphatic carbocycles. The summed E-state index contributed by atoms with van der Waals surface area (Å²) in [6.07, 6.45) is 4.43. The van der Waals surface area contributed by atoms with Crippen molar-refractivity contribution in [1.82, 2.24) is 20.2 Å². The van der Waals surface area contributed by atoms with Crippen molar-refractivity contribution >= 4 is 17.3 Å². The number of hydrogen-bond acceptors (Lipinski definition) is 5. The molecule has 0 atom stereocenters. The molecule has 21 heavy (non-hydrogen) atoms. The van der Waals surface area contributed by atoms with Crippen LogP contribution in [0.15, 0.2) is 12.1 Å². The summed E-state index contributed by atoms with van der Waals surface area (Å²) in [5.41, 5.74) is -0.727. The first-order valence-electron chi connectivity index (χ1n) is 7.17.